The summed E-state index contributed by atoms with van der Waals surface area (Å²) in [5.74, 6) is 2.34. The summed E-state index contributed by atoms with van der Waals surface area (Å²) in [6, 6.07) is 0. The fraction of sp³-hybridized carbons (Fsp3) is 0.933. The largest absolute Gasteiger partial charge is 0.397 e. The summed E-state index contributed by atoms with van der Waals surface area (Å²) < 4.78 is 37.8. The highest BCUT2D eigenvalue weighted by Crippen LogP contribution is 2.89. The topological polar surface area (TPSA) is 83.8 Å². The van der Waals surface area contributed by atoms with Crippen molar-refractivity contribution in [3.63, 3.8) is 0 Å². The molecule has 2 N–H and O–H groups in total. The molecule has 10 atom stereocenters. The fourth-order valence-corrected chi connectivity index (χ4v) is 12.2. The van der Waals surface area contributed by atoms with Crippen LogP contribution < -0.4 is 0 Å². The highest BCUT2D eigenvalue weighted by molar-refractivity contribution is 7.80. The Labute approximate surface area is 219 Å². The van der Waals surface area contributed by atoms with Crippen molar-refractivity contribution < 1.29 is 22.3 Å². The van der Waals surface area contributed by atoms with Gasteiger partial charge in [-0.25, -0.2) is 4.18 Å². The van der Waals surface area contributed by atoms with E-state index in [2.05, 4.69) is 48.5 Å². The van der Waals surface area contributed by atoms with Crippen LogP contribution in [0.3, 0.4) is 0 Å². The zero-order chi connectivity index (χ0) is 26.5. The van der Waals surface area contributed by atoms with Crippen molar-refractivity contribution in [3.8, 4) is 0 Å². The first-order valence-corrected chi connectivity index (χ1v) is 15.9. The predicted octanol–water partition coefficient (Wildman–Crippen LogP) is 6.97. The number of fused-ring (bicyclic) bond motifs is 2. The zero-order valence-electron chi connectivity index (χ0n) is 23.6. The second-order valence-electron chi connectivity index (χ2n) is 15.0. The lowest BCUT2D eigenvalue weighted by Crippen LogP contribution is -2.58. The van der Waals surface area contributed by atoms with Gasteiger partial charge in [0.05, 0.1) is 12.2 Å². The van der Waals surface area contributed by atoms with Gasteiger partial charge >= 0.3 is 10.4 Å². The number of aliphatic hydroxyl groups is 1. The summed E-state index contributed by atoms with van der Waals surface area (Å²) >= 11 is 0. The van der Waals surface area contributed by atoms with E-state index in [0.717, 1.165) is 25.2 Å². The maximum Gasteiger partial charge on any atom is 0.397 e. The third-order valence-corrected chi connectivity index (χ3v) is 13.7. The normalized spacial score (nSPS) is 48.6. The molecule has 0 saturated heterocycles. The van der Waals surface area contributed by atoms with Gasteiger partial charge < -0.3 is 5.11 Å². The summed E-state index contributed by atoms with van der Waals surface area (Å²) in [5.41, 5.74) is 2.26. The van der Waals surface area contributed by atoms with Crippen LogP contribution in [0.4, 0.5) is 0 Å². The first-order chi connectivity index (χ1) is 16.5. The molecule has 0 aromatic rings. The van der Waals surface area contributed by atoms with Gasteiger partial charge in [-0.3, -0.25) is 4.55 Å². The van der Waals surface area contributed by atoms with Crippen molar-refractivity contribution in [2.75, 3.05) is 0 Å². The fourth-order valence-electron chi connectivity index (χ4n) is 11.6. The first-order valence-electron chi connectivity index (χ1n) is 14.5. The van der Waals surface area contributed by atoms with Crippen LogP contribution in [0.1, 0.15) is 113 Å². The standard InChI is InChI=1S/C30H50O5S/c1-19(2)16-21(31)17-20(3)22-10-12-28(7)24-9-8-23-26(4,5)25(35-36(32,33)34)11-13-29(23)18-30(24,29)15-14-27(22,28)6/h16,20-25,31H,8-15,17-18H2,1-7H3,(H,32,33,34)/t20-,21?,22-,23+,24+,25?,27-,28+,29-,30+/m1/s1. The number of allylic oxidation sites excluding steroid dienone is 1. The molecule has 0 aromatic heterocycles. The Morgan fingerprint density at radius 3 is 2.22 bits per heavy atom. The van der Waals surface area contributed by atoms with E-state index in [-0.39, 0.29) is 11.5 Å². The molecule has 0 heterocycles. The maximum atomic E-state index is 11.6. The summed E-state index contributed by atoms with van der Waals surface area (Å²) in [5, 5.41) is 10.7. The number of rotatable bonds is 6. The molecule has 5 nitrogen and oxygen atoms in total. The van der Waals surface area contributed by atoms with Crippen LogP contribution in [0.2, 0.25) is 0 Å². The number of aliphatic hydroxyl groups excluding tert-OH is 1. The third-order valence-electron chi connectivity index (χ3n) is 13.2. The molecule has 0 radical (unpaired) electrons. The van der Waals surface area contributed by atoms with Gasteiger partial charge in [0.2, 0.25) is 0 Å². The van der Waals surface area contributed by atoms with E-state index in [4.69, 9.17) is 4.18 Å². The molecule has 0 aromatic carbocycles. The second kappa shape index (κ2) is 8.29. The van der Waals surface area contributed by atoms with Crippen LogP contribution >= 0.6 is 0 Å². The van der Waals surface area contributed by atoms with Gasteiger partial charge in [-0.15, -0.1) is 0 Å². The lowest BCUT2D eigenvalue weighted by Gasteiger charge is -2.63. The average Bonchev–Trinajstić information content (AvgIpc) is 3.31. The molecule has 0 amide bonds. The molecule has 5 aliphatic rings. The second-order valence-corrected chi connectivity index (χ2v) is 16.1. The van der Waals surface area contributed by atoms with Crippen molar-refractivity contribution >= 4 is 10.4 Å². The van der Waals surface area contributed by atoms with Crippen LogP contribution in [-0.2, 0) is 14.6 Å². The van der Waals surface area contributed by atoms with Crippen LogP contribution in [-0.4, -0.2) is 30.3 Å². The van der Waals surface area contributed by atoms with Crippen LogP contribution in [0.15, 0.2) is 11.6 Å². The van der Waals surface area contributed by atoms with Crippen LogP contribution in [0.25, 0.3) is 0 Å². The molecule has 0 bridgehead atoms. The molecule has 5 saturated carbocycles. The van der Waals surface area contributed by atoms with Gasteiger partial charge in [0, 0.05) is 0 Å². The van der Waals surface area contributed by atoms with Crippen molar-refractivity contribution in [3.05, 3.63) is 11.6 Å². The minimum Gasteiger partial charge on any atom is -0.389 e. The lowest BCUT2D eigenvalue weighted by atomic mass is 9.41. The number of hydrogen-bond donors (Lipinski definition) is 2. The summed E-state index contributed by atoms with van der Waals surface area (Å²) in [4.78, 5) is 0. The summed E-state index contributed by atoms with van der Waals surface area (Å²) in [6.07, 6.45) is 12.6. The SMILES string of the molecule is CC(C)=CC(O)C[C@@H](C)[C@H]1CC[C@@]2(C)[C@@H]3CC[C@H]4C(C)(C)C(OS(=O)(=O)O)CC[C@@]45C[C@@]35CC[C@]12C. The molecule has 36 heavy (non-hydrogen) atoms. The molecular formula is C30H50O5S. The molecule has 2 spiro atoms. The van der Waals surface area contributed by atoms with E-state index in [9.17, 15) is 18.1 Å². The van der Waals surface area contributed by atoms with Crippen LogP contribution in [0.5, 0.6) is 0 Å². The van der Waals surface area contributed by atoms with Gasteiger partial charge in [0.25, 0.3) is 0 Å². The van der Waals surface area contributed by atoms with E-state index >= 15 is 0 Å². The molecule has 5 rings (SSSR count). The van der Waals surface area contributed by atoms with Crippen molar-refractivity contribution in [2.45, 2.75) is 125 Å². The Morgan fingerprint density at radius 2 is 1.58 bits per heavy atom. The Balaban J connectivity index is 1.39. The molecule has 206 valence electrons. The van der Waals surface area contributed by atoms with Gasteiger partial charge in [0.15, 0.2) is 0 Å². The molecule has 5 fully saturated rings. The third kappa shape index (κ3) is 3.67. The first kappa shape index (κ1) is 27.1. The van der Waals surface area contributed by atoms with Gasteiger partial charge in [-0.2, -0.15) is 8.42 Å². The van der Waals surface area contributed by atoms with Crippen molar-refractivity contribution in [1.29, 1.82) is 0 Å². The Hall–Kier alpha value is -0.430. The smallest absolute Gasteiger partial charge is 0.389 e. The molecule has 5 aliphatic carbocycles. The molecule has 0 aliphatic heterocycles. The van der Waals surface area contributed by atoms with E-state index in [1.54, 1.807) is 0 Å². The summed E-state index contributed by atoms with van der Waals surface area (Å²) in [6.45, 7) is 16.1. The number of hydrogen-bond acceptors (Lipinski definition) is 4. The monoisotopic (exact) mass is 522 g/mol. The summed E-state index contributed by atoms with van der Waals surface area (Å²) in [7, 11) is -4.44. The van der Waals surface area contributed by atoms with Crippen molar-refractivity contribution in [1.82, 2.24) is 0 Å². The van der Waals surface area contributed by atoms with Gasteiger partial charge in [0.1, 0.15) is 0 Å². The van der Waals surface area contributed by atoms with Gasteiger partial charge in [-0.05, 0) is 129 Å². The zero-order valence-corrected chi connectivity index (χ0v) is 24.5. The van der Waals surface area contributed by atoms with Crippen molar-refractivity contribution in [2.24, 2.45) is 50.7 Å². The van der Waals surface area contributed by atoms with E-state index < -0.39 is 16.5 Å². The van der Waals surface area contributed by atoms with Gasteiger partial charge in [-0.1, -0.05) is 46.3 Å². The Bertz CT molecular complexity index is 1030. The van der Waals surface area contributed by atoms with Crippen LogP contribution in [0, 0.1) is 50.7 Å². The Morgan fingerprint density at radius 1 is 0.944 bits per heavy atom. The maximum absolute atomic E-state index is 11.6. The lowest BCUT2D eigenvalue weighted by molar-refractivity contribution is -0.158. The molecular weight excluding hydrogens is 472 g/mol. The van der Waals surface area contributed by atoms with E-state index in [1.807, 2.05) is 6.08 Å². The molecule has 2 unspecified atom stereocenters. The minimum absolute atomic E-state index is 0.266. The predicted molar refractivity (Wildman–Crippen MR) is 143 cm³/mol. The highest BCUT2D eigenvalue weighted by atomic mass is 32.3. The Kier molecular flexibility index (Phi) is 6.25. The van der Waals surface area contributed by atoms with E-state index in [0.29, 0.717) is 45.8 Å². The molecule has 6 heteroatoms. The quantitative estimate of drug-likeness (QED) is 0.291. The van der Waals surface area contributed by atoms with E-state index in [1.165, 1.54) is 44.1 Å². The average molecular weight is 523 g/mol. The minimum atomic E-state index is -4.44. The highest BCUT2D eigenvalue weighted by Gasteiger charge is 2.82.